The van der Waals surface area contributed by atoms with Crippen LogP contribution in [0.15, 0.2) is 6.07 Å². The smallest absolute Gasteiger partial charge is 0.187 e. The summed E-state index contributed by atoms with van der Waals surface area (Å²) in [6.45, 7) is 2.05. The molecule has 0 unspecified atom stereocenters. The SMILES string of the molecule is CCOc1c(N)cc(N)c(Cl)c1F. The molecule has 0 saturated heterocycles. The van der Waals surface area contributed by atoms with Crippen LogP contribution in [0.25, 0.3) is 0 Å². The summed E-state index contributed by atoms with van der Waals surface area (Å²) in [6.07, 6.45) is 0. The minimum absolute atomic E-state index is 0.0401. The average Bonchev–Trinajstić information content (AvgIpc) is 2.09. The average molecular weight is 205 g/mol. The molecule has 0 spiro atoms. The van der Waals surface area contributed by atoms with Crippen LogP contribution < -0.4 is 16.2 Å². The van der Waals surface area contributed by atoms with Crippen molar-refractivity contribution in [3.8, 4) is 5.75 Å². The summed E-state index contributed by atoms with van der Waals surface area (Å²) in [5.41, 5.74) is 11.1. The second kappa shape index (κ2) is 3.70. The fourth-order valence-electron chi connectivity index (χ4n) is 0.941. The Bertz CT molecular complexity index is 330. The van der Waals surface area contributed by atoms with E-state index in [9.17, 15) is 4.39 Å². The second-order valence-corrected chi connectivity index (χ2v) is 2.82. The number of nitrogens with two attached hydrogens (primary N) is 2. The van der Waals surface area contributed by atoms with Gasteiger partial charge < -0.3 is 16.2 Å². The molecule has 0 aliphatic carbocycles. The minimum Gasteiger partial charge on any atom is -0.489 e. The number of halogens is 2. The Morgan fingerprint density at radius 1 is 1.46 bits per heavy atom. The first kappa shape index (κ1) is 9.92. The van der Waals surface area contributed by atoms with Gasteiger partial charge in [0.25, 0.3) is 0 Å². The third-order valence-corrected chi connectivity index (χ3v) is 1.89. The van der Waals surface area contributed by atoms with Gasteiger partial charge in [-0.3, -0.25) is 0 Å². The van der Waals surface area contributed by atoms with E-state index >= 15 is 0 Å². The number of hydrogen-bond acceptors (Lipinski definition) is 3. The predicted molar refractivity (Wildman–Crippen MR) is 51.4 cm³/mol. The third-order valence-electron chi connectivity index (χ3n) is 1.51. The van der Waals surface area contributed by atoms with Gasteiger partial charge in [-0.1, -0.05) is 11.6 Å². The first-order valence-electron chi connectivity index (χ1n) is 3.73. The van der Waals surface area contributed by atoms with Crippen LogP contribution in [0.2, 0.25) is 5.02 Å². The highest BCUT2D eigenvalue weighted by Gasteiger charge is 2.14. The molecule has 0 amide bonds. The second-order valence-electron chi connectivity index (χ2n) is 2.45. The van der Waals surface area contributed by atoms with Gasteiger partial charge in [0, 0.05) is 0 Å². The molecule has 1 aromatic rings. The van der Waals surface area contributed by atoms with Gasteiger partial charge in [-0.15, -0.1) is 0 Å². The summed E-state index contributed by atoms with van der Waals surface area (Å²) in [6, 6.07) is 1.37. The van der Waals surface area contributed by atoms with Crippen molar-refractivity contribution in [3.63, 3.8) is 0 Å². The zero-order valence-corrected chi connectivity index (χ0v) is 7.86. The summed E-state index contributed by atoms with van der Waals surface area (Å²) < 4.78 is 18.3. The summed E-state index contributed by atoms with van der Waals surface area (Å²) in [5.74, 6) is -0.747. The van der Waals surface area contributed by atoms with E-state index in [1.807, 2.05) is 0 Å². The predicted octanol–water partition coefficient (Wildman–Crippen LogP) is 2.04. The molecule has 1 rings (SSSR count). The van der Waals surface area contributed by atoms with Crippen LogP contribution in [0.1, 0.15) is 6.92 Å². The van der Waals surface area contributed by atoms with Crippen LogP contribution in [0, 0.1) is 5.82 Å². The monoisotopic (exact) mass is 204 g/mol. The summed E-state index contributed by atoms with van der Waals surface area (Å²) in [5, 5.41) is -0.155. The van der Waals surface area contributed by atoms with E-state index in [2.05, 4.69) is 0 Å². The van der Waals surface area contributed by atoms with Crippen molar-refractivity contribution in [2.75, 3.05) is 18.1 Å². The van der Waals surface area contributed by atoms with Crippen molar-refractivity contribution in [1.29, 1.82) is 0 Å². The Balaban J connectivity index is 3.26. The fourth-order valence-corrected chi connectivity index (χ4v) is 1.08. The molecule has 0 atom stereocenters. The highest BCUT2D eigenvalue weighted by atomic mass is 35.5. The number of benzene rings is 1. The van der Waals surface area contributed by atoms with Gasteiger partial charge in [-0.05, 0) is 13.0 Å². The zero-order chi connectivity index (χ0) is 10.0. The maximum absolute atomic E-state index is 13.3. The van der Waals surface area contributed by atoms with Gasteiger partial charge >= 0.3 is 0 Å². The van der Waals surface area contributed by atoms with E-state index in [4.69, 9.17) is 27.8 Å². The molecule has 0 saturated carbocycles. The molecule has 4 N–H and O–H groups in total. The molecule has 13 heavy (non-hydrogen) atoms. The van der Waals surface area contributed by atoms with E-state index in [1.165, 1.54) is 6.07 Å². The molecule has 0 aliphatic heterocycles. The number of rotatable bonds is 2. The quantitative estimate of drug-likeness (QED) is 0.725. The maximum Gasteiger partial charge on any atom is 0.187 e. The molecule has 0 heterocycles. The van der Waals surface area contributed by atoms with Crippen LogP contribution in [0.3, 0.4) is 0 Å². The minimum atomic E-state index is -0.707. The van der Waals surface area contributed by atoms with Gasteiger partial charge in [-0.2, -0.15) is 0 Å². The highest BCUT2D eigenvalue weighted by Crippen LogP contribution is 2.35. The van der Waals surface area contributed by atoms with Crippen LogP contribution >= 0.6 is 11.6 Å². The summed E-state index contributed by atoms with van der Waals surface area (Å²) >= 11 is 5.55. The molecule has 0 aliphatic rings. The molecule has 0 fully saturated rings. The Labute approximate surface area is 80.4 Å². The van der Waals surface area contributed by atoms with Gasteiger partial charge in [0.1, 0.15) is 5.02 Å². The standard InChI is InChI=1S/C8H10ClFN2O/c1-2-13-8-5(12)3-4(11)6(9)7(8)10/h3H,2,11-12H2,1H3. The van der Waals surface area contributed by atoms with Crippen LogP contribution in [0.5, 0.6) is 5.75 Å². The number of nitrogen functional groups attached to an aromatic ring is 2. The topological polar surface area (TPSA) is 61.3 Å². The molecule has 0 radical (unpaired) electrons. The van der Waals surface area contributed by atoms with Crippen molar-refractivity contribution >= 4 is 23.0 Å². The Hall–Kier alpha value is -1.16. The lowest BCUT2D eigenvalue weighted by atomic mass is 10.2. The van der Waals surface area contributed by atoms with Crippen molar-refractivity contribution < 1.29 is 9.13 Å². The molecular weight excluding hydrogens is 195 g/mol. The van der Waals surface area contributed by atoms with E-state index < -0.39 is 5.82 Å². The Morgan fingerprint density at radius 3 is 2.62 bits per heavy atom. The molecule has 0 bridgehead atoms. The number of ether oxygens (including phenoxy) is 1. The highest BCUT2D eigenvalue weighted by molar-refractivity contribution is 6.33. The Morgan fingerprint density at radius 2 is 2.08 bits per heavy atom. The molecular formula is C8H10ClFN2O. The number of anilines is 2. The van der Waals surface area contributed by atoms with Crippen LogP contribution in [-0.4, -0.2) is 6.61 Å². The van der Waals surface area contributed by atoms with Crippen molar-refractivity contribution in [1.82, 2.24) is 0 Å². The number of hydrogen-bond donors (Lipinski definition) is 2. The van der Waals surface area contributed by atoms with Gasteiger partial charge in [0.15, 0.2) is 11.6 Å². The zero-order valence-electron chi connectivity index (χ0n) is 7.10. The third kappa shape index (κ3) is 1.78. The summed E-state index contributed by atoms with van der Waals surface area (Å²) in [4.78, 5) is 0. The normalized spacial score (nSPS) is 10.1. The van der Waals surface area contributed by atoms with E-state index in [0.717, 1.165) is 0 Å². The van der Waals surface area contributed by atoms with Gasteiger partial charge in [-0.25, -0.2) is 4.39 Å². The van der Waals surface area contributed by atoms with Crippen LogP contribution in [-0.2, 0) is 0 Å². The van der Waals surface area contributed by atoms with Gasteiger partial charge in [0.2, 0.25) is 0 Å². The van der Waals surface area contributed by atoms with Crippen molar-refractivity contribution in [2.24, 2.45) is 0 Å². The van der Waals surface area contributed by atoms with Crippen LogP contribution in [0.4, 0.5) is 15.8 Å². The summed E-state index contributed by atoms with van der Waals surface area (Å²) in [7, 11) is 0. The Kier molecular flexibility index (Phi) is 2.83. The fraction of sp³-hybridized carbons (Fsp3) is 0.250. The lowest BCUT2D eigenvalue weighted by Gasteiger charge is -2.10. The maximum atomic E-state index is 13.3. The molecule has 5 heteroatoms. The van der Waals surface area contributed by atoms with E-state index in [-0.39, 0.29) is 22.1 Å². The first-order valence-corrected chi connectivity index (χ1v) is 4.11. The molecule has 1 aromatic carbocycles. The van der Waals surface area contributed by atoms with E-state index in [0.29, 0.717) is 6.61 Å². The first-order chi connectivity index (χ1) is 6.07. The van der Waals surface area contributed by atoms with Crippen molar-refractivity contribution in [3.05, 3.63) is 16.9 Å². The molecule has 72 valence electrons. The molecule has 0 aromatic heterocycles. The van der Waals surface area contributed by atoms with Gasteiger partial charge in [0.05, 0.1) is 18.0 Å². The lowest BCUT2D eigenvalue weighted by molar-refractivity contribution is 0.324. The van der Waals surface area contributed by atoms with Crippen molar-refractivity contribution in [2.45, 2.75) is 6.92 Å². The lowest BCUT2D eigenvalue weighted by Crippen LogP contribution is -2.02. The molecule has 3 nitrogen and oxygen atoms in total. The largest absolute Gasteiger partial charge is 0.489 e. The van der Waals surface area contributed by atoms with E-state index in [1.54, 1.807) is 6.92 Å².